The van der Waals surface area contributed by atoms with E-state index in [1.165, 1.54) is 11.8 Å². The maximum absolute atomic E-state index is 12.8. The number of halogens is 3. The molecule has 1 saturated heterocycles. The van der Waals surface area contributed by atoms with E-state index in [0.29, 0.717) is 32.7 Å². The monoisotopic (exact) mass is 346 g/mol. The summed E-state index contributed by atoms with van der Waals surface area (Å²) >= 11 is 0. The van der Waals surface area contributed by atoms with Crippen LogP contribution in [-0.2, 0) is 6.54 Å². The Hall–Kier alpha value is -1.77. The zero-order valence-corrected chi connectivity index (χ0v) is 14.1. The lowest BCUT2D eigenvalue weighted by atomic mass is 10.2. The number of rotatable bonds is 5. The topological polar surface area (TPSA) is 48.7 Å². The van der Waals surface area contributed by atoms with Crippen LogP contribution in [0.3, 0.4) is 0 Å². The Morgan fingerprint density at radius 3 is 2.54 bits per heavy atom. The van der Waals surface area contributed by atoms with Crippen molar-refractivity contribution < 1.29 is 13.2 Å². The van der Waals surface area contributed by atoms with E-state index >= 15 is 0 Å². The van der Waals surface area contributed by atoms with Crippen molar-refractivity contribution in [3.05, 3.63) is 18.7 Å². The third kappa shape index (κ3) is 5.12. The maximum Gasteiger partial charge on any atom is 0.403 e. The molecule has 1 aliphatic heterocycles. The summed E-state index contributed by atoms with van der Waals surface area (Å²) in [6.07, 6.45) is 1.15. The van der Waals surface area contributed by atoms with Gasteiger partial charge >= 0.3 is 6.18 Å². The summed E-state index contributed by atoms with van der Waals surface area (Å²) in [5.74, 6) is 0.761. The van der Waals surface area contributed by atoms with Crippen LogP contribution in [0, 0.1) is 0 Å². The van der Waals surface area contributed by atoms with E-state index in [2.05, 4.69) is 15.3 Å². The number of hydrogen-bond acceptors (Lipinski definition) is 3. The van der Waals surface area contributed by atoms with Crippen LogP contribution in [0.25, 0.3) is 0 Å². The Morgan fingerprint density at radius 1 is 1.29 bits per heavy atom. The van der Waals surface area contributed by atoms with Crippen molar-refractivity contribution in [3.8, 4) is 0 Å². The smallest absolute Gasteiger partial charge is 0.357 e. The normalized spacial score (nSPS) is 18.7. The number of aliphatic imine (C=N–C) groups is 1. The molecule has 9 heteroatoms. The molecule has 1 atom stereocenters. The molecule has 24 heavy (non-hydrogen) atoms. The van der Waals surface area contributed by atoms with Crippen molar-refractivity contribution in [3.63, 3.8) is 0 Å². The van der Waals surface area contributed by atoms with Gasteiger partial charge in [-0.05, 0) is 13.8 Å². The lowest BCUT2D eigenvalue weighted by Gasteiger charge is -2.39. The Balaban J connectivity index is 1.88. The minimum Gasteiger partial charge on any atom is -0.357 e. The molecule has 136 valence electrons. The largest absolute Gasteiger partial charge is 0.403 e. The molecule has 0 radical (unpaired) electrons. The molecule has 1 N–H and O–H groups in total. The number of hydrogen-bond donors (Lipinski definition) is 1. The SMILES string of the molecule is CCNC(=NCCn1ccnc1)N1CCN(C(C)C(F)(F)F)CC1. The van der Waals surface area contributed by atoms with Crippen molar-refractivity contribution in [1.82, 2.24) is 24.7 Å². The van der Waals surface area contributed by atoms with Gasteiger partial charge < -0.3 is 14.8 Å². The van der Waals surface area contributed by atoms with Crippen LogP contribution in [0.2, 0.25) is 0 Å². The van der Waals surface area contributed by atoms with Gasteiger partial charge in [0.2, 0.25) is 0 Å². The predicted molar refractivity (Wildman–Crippen MR) is 86.9 cm³/mol. The van der Waals surface area contributed by atoms with Crippen LogP contribution in [0.4, 0.5) is 13.2 Å². The molecule has 0 spiro atoms. The minimum atomic E-state index is -4.18. The molecule has 0 aromatic carbocycles. The maximum atomic E-state index is 12.8. The summed E-state index contributed by atoms with van der Waals surface area (Å²) in [6, 6.07) is -1.40. The van der Waals surface area contributed by atoms with Crippen LogP contribution in [-0.4, -0.2) is 76.8 Å². The zero-order valence-electron chi connectivity index (χ0n) is 14.1. The molecule has 1 fully saturated rings. The molecule has 2 heterocycles. The molecule has 0 aliphatic carbocycles. The van der Waals surface area contributed by atoms with Crippen LogP contribution in [0.5, 0.6) is 0 Å². The second-order valence-electron chi connectivity index (χ2n) is 5.78. The Bertz CT molecular complexity index is 506. The highest BCUT2D eigenvalue weighted by Crippen LogP contribution is 2.25. The van der Waals surface area contributed by atoms with Crippen LogP contribution in [0.15, 0.2) is 23.7 Å². The van der Waals surface area contributed by atoms with Gasteiger partial charge in [0, 0.05) is 51.7 Å². The molecular weight excluding hydrogens is 321 g/mol. The molecule has 1 aliphatic rings. The molecule has 1 unspecified atom stereocenters. The van der Waals surface area contributed by atoms with Gasteiger partial charge in [-0.3, -0.25) is 9.89 Å². The summed E-state index contributed by atoms with van der Waals surface area (Å²) < 4.78 is 40.4. The first-order valence-corrected chi connectivity index (χ1v) is 8.21. The number of nitrogens with zero attached hydrogens (tertiary/aromatic N) is 5. The Morgan fingerprint density at radius 2 is 2.00 bits per heavy atom. The fourth-order valence-corrected chi connectivity index (χ4v) is 2.64. The highest BCUT2D eigenvalue weighted by atomic mass is 19.4. The first-order chi connectivity index (χ1) is 11.4. The van der Waals surface area contributed by atoms with Gasteiger partial charge in [-0.1, -0.05) is 0 Å². The van der Waals surface area contributed by atoms with E-state index in [4.69, 9.17) is 0 Å². The first kappa shape index (κ1) is 18.6. The number of guanidine groups is 1. The lowest BCUT2D eigenvalue weighted by Crippen LogP contribution is -2.56. The van der Waals surface area contributed by atoms with Crippen molar-refractivity contribution >= 4 is 5.96 Å². The summed E-state index contributed by atoms with van der Waals surface area (Å²) in [5, 5.41) is 3.22. The van der Waals surface area contributed by atoms with Crippen LogP contribution < -0.4 is 5.32 Å². The highest BCUT2D eigenvalue weighted by molar-refractivity contribution is 5.80. The minimum absolute atomic E-state index is 0.382. The van der Waals surface area contributed by atoms with Crippen molar-refractivity contribution in [2.75, 3.05) is 39.3 Å². The number of piperazine rings is 1. The molecule has 6 nitrogen and oxygen atoms in total. The van der Waals surface area contributed by atoms with E-state index < -0.39 is 12.2 Å². The summed E-state index contributed by atoms with van der Waals surface area (Å²) in [6.45, 7) is 7.09. The van der Waals surface area contributed by atoms with Crippen molar-refractivity contribution in [2.45, 2.75) is 32.6 Å². The van der Waals surface area contributed by atoms with Crippen LogP contribution in [0.1, 0.15) is 13.8 Å². The zero-order chi connectivity index (χ0) is 17.6. The summed E-state index contributed by atoms with van der Waals surface area (Å²) in [5.41, 5.74) is 0. The van der Waals surface area contributed by atoms with Gasteiger partial charge in [0.1, 0.15) is 6.04 Å². The standard InChI is InChI=1S/C15H25F3N6/c1-3-20-14(21-5-7-22-6-4-19-12-22)24-10-8-23(9-11-24)13(2)15(16,17)18/h4,6,12-13H,3,5,7-11H2,1-2H3,(H,20,21). The molecular formula is C15H25F3N6. The fraction of sp³-hybridized carbons (Fsp3) is 0.733. The van der Waals surface area contributed by atoms with Crippen molar-refractivity contribution in [2.24, 2.45) is 4.99 Å². The average Bonchev–Trinajstić information content (AvgIpc) is 3.06. The lowest BCUT2D eigenvalue weighted by molar-refractivity contribution is -0.181. The molecule has 0 bridgehead atoms. The molecule has 2 rings (SSSR count). The molecule has 1 aromatic rings. The third-order valence-corrected chi connectivity index (χ3v) is 4.15. The Labute approximate surface area is 140 Å². The summed E-state index contributed by atoms with van der Waals surface area (Å²) in [7, 11) is 0. The second kappa shape index (κ2) is 8.36. The van der Waals surface area contributed by atoms with Crippen LogP contribution >= 0.6 is 0 Å². The number of aromatic nitrogens is 2. The number of imidazole rings is 1. The Kier molecular flexibility index (Phi) is 6.47. The average molecular weight is 346 g/mol. The van der Waals surface area contributed by atoms with E-state index in [1.54, 1.807) is 12.5 Å². The third-order valence-electron chi connectivity index (χ3n) is 4.15. The van der Waals surface area contributed by atoms with E-state index in [-0.39, 0.29) is 0 Å². The van der Waals surface area contributed by atoms with Gasteiger partial charge in [0.15, 0.2) is 5.96 Å². The summed E-state index contributed by atoms with van der Waals surface area (Å²) in [4.78, 5) is 12.1. The predicted octanol–water partition coefficient (Wildman–Crippen LogP) is 1.42. The number of alkyl halides is 3. The van der Waals surface area contributed by atoms with Gasteiger partial charge in [-0.2, -0.15) is 13.2 Å². The van der Waals surface area contributed by atoms with Gasteiger partial charge in [0.05, 0.1) is 12.9 Å². The van der Waals surface area contributed by atoms with E-state index in [1.807, 2.05) is 22.6 Å². The molecule has 0 saturated carbocycles. The first-order valence-electron chi connectivity index (χ1n) is 8.21. The van der Waals surface area contributed by atoms with E-state index in [0.717, 1.165) is 19.0 Å². The molecule has 1 aromatic heterocycles. The van der Waals surface area contributed by atoms with E-state index in [9.17, 15) is 13.2 Å². The quantitative estimate of drug-likeness (QED) is 0.647. The van der Waals surface area contributed by atoms with Gasteiger partial charge in [-0.25, -0.2) is 4.98 Å². The second-order valence-corrected chi connectivity index (χ2v) is 5.78. The molecule has 0 amide bonds. The van der Waals surface area contributed by atoms with Gasteiger partial charge in [-0.15, -0.1) is 0 Å². The number of nitrogens with one attached hydrogen (secondary N) is 1. The fourth-order valence-electron chi connectivity index (χ4n) is 2.64. The van der Waals surface area contributed by atoms with Crippen molar-refractivity contribution in [1.29, 1.82) is 0 Å². The highest BCUT2D eigenvalue weighted by Gasteiger charge is 2.41. The van der Waals surface area contributed by atoms with Gasteiger partial charge in [0.25, 0.3) is 0 Å².